The lowest BCUT2D eigenvalue weighted by Crippen LogP contribution is -2.54. The summed E-state index contributed by atoms with van der Waals surface area (Å²) in [5.74, 6) is 3.50. The van der Waals surface area contributed by atoms with Gasteiger partial charge < -0.3 is 9.84 Å². The minimum absolute atomic E-state index is 0.0310. The van der Waals surface area contributed by atoms with Gasteiger partial charge in [-0.3, -0.25) is 0 Å². The predicted molar refractivity (Wildman–Crippen MR) is 81.8 cm³/mol. The Bertz CT molecular complexity index is 462. The molecule has 1 aliphatic heterocycles. The van der Waals surface area contributed by atoms with Crippen LogP contribution in [0, 0.1) is 34.5 Å². The van der Waals surface area contributed by atoms with Crippen LogP contribution in [0.4, 0.5) is 0 Å². The Balaban J connectivity index is 1.47. The molecule has 0 aromatic rings. The predicted octanol–water partition coefficient (Wildman–Crippen LogP) is 3.77. The molecule has 1 saturated heterocycles. The van der Waals surface area contributed by atoms with Crippen molar-refractivity contribution in [2.24, 2.45) is 34.5 Å². The van der Waals surface area contributed by atoms with Crippen molar-refractivity contribution in [1.29, 1.82) is 0 Å². The van der Waals surface area contributed by atoms with Gasteiger partial charge in [0.15, 0.2) is 0 Å². The van der Waals surface area contributed by atoms with Gasteiger partial charge in [-0.15, -0.1) is 0 Å². The maximum absolute atomic E-state index is 10.5. The van der Waals surface area contributed by atoms with Gasteiger partial charge in [0, 0.05) is 0 Å². The molecule has 2 nitrogen and oxygen atoms in total. The molecule has 0 amide bonds. The Hall–Kier alpha value is -0.0800. The average Bonchev–Trinajstić information content (AvgIpc) is 3.12. The van der Waals surface area contributed by atoms with Crippen LogP contribution in [0.2, 0.25) is 0 Å². The molecule has 0 bridgehead atoms. The smallest absolute Gasteiger partial charge is 0.0847 e. The van der Waals surface area contributed by atoms with Crippen LogP contribution in [-0.4, -0.2) is 23.4 Å². The van der Waals surface area contributed by atoms with Crippen molar-refractivity contribution in [2.45, 2.75) is 83.5 Å². The summed E-state index contributed by atoms with van der Waals surface area (Å²) < 4.78 is 5.90. The van der Waals surface area contributed by atoms with Gasteiger partial charge in [-0.1, -0.05) is 13.8 Å². The Kier molecular flexibility index (Phi) is 2.58. The Morgan fingerprint density at radius 3 is 2.57 bits per heavy atom. The van der Waals surface area contributed by atoms with Gasteiger partial charge in [-0.25, -0.2) is 0 Å². The van der Waals surface area contributed by atoms with E-state index < -0.39 is 0 Å². The van der Waals surface area contributed by atoms with Crippen LogP contribution in [-0.2, 0) is 4.74 Å². The molecule has 4 unspecified atom stereocenters. The molecule has 0 spiro atoms. The van der Waals surface area contributed by atoms with E-state index in [9.17, 15) is 5.11 Å². The van der Waals surface area contributed by atoms with Crippen LogP contribution >= 0.6 is 0 Å². The largest absolute Gasteiger partial charge is 0.393 e. The van der Waals surface area contributed by atoms with Crippen LogP contribution in [0.5, 0.6) is 0 Å². The Morgan fingerprint density at radius 1 is 0.905 bits per heavy atom. The second kappa shape index (κ2) is 4.06. The molecular formula is C19H30O2. The molecule has 1 N–H and O–H groups in total. The third-order valence-electron chi connectivity index (χ3n) is 8.86. The second-order valence-electron chi connectivity index (χ2n) is 9.45. The second-order valence-corrected chi connectivity index (χ2v) is 9.45. The highest BCUT2D eigenvalue weighted by Crippen LogP contribution is 2.67. The summed E-state index contributed by atoms with van der Waals surface area (Å²) in [7, 11) is 0. The fourth-order valence-electron chi connectivity index (χ4n) is 7.49. The first-order valence-electron chi connectivity index (χ1n) is 9.36. The topological polar surface area (TPSA) is 32.8 Å². The van der Waals surface area contributed by atoms with E-state index >= 15 is 0 Å². The molecule has 5 rings (SSSR count). The maximum atomic E-state index is 10.5. The van der Waals surface area contributed by atoms with Crippen molar-refractivity contribution in [2.75, 3.05) is 0 Å². The summed E-state index contributed by atoms with van der Waals surface area (Å²) in [6, 6.07) is 0. The summed E-state index contributed by atoms with van der Waals surface area (Å²) in [6.45, 7) is 4.99. The standard InChI is InChI=1S/C19H30O2/c1-18-8-7-14-12(13(18)5-6-17(18)20)4-3-11-9-15-16(21-15)10-19(11,14)2/h11-17,20H,3-10H2,1-2H3/t11?,12-,13-,14-,15?,16?,17?,18-,19-/m0/s1. The van der Waals surface area contributed by atoms with Gasteiger partial charge in [0.1, 0.15) is 0 Å². The van der Waals surface area contributed by atoms with Crippen molar-refractivity contribution in [3.05, 3.63) is 0 Å². The Labute approximate surface area is 128 Å². The van der Waals surface area contributed by atoms with Gasteiger partial charge in [0.2, 0.25) is 0 Å². The molecule has 21 heavy (non-hydrogen) atoms. The van der Waals surface area contributed by atoms with Crippen LogP contribution in [0.3, 0.4) is 0 Å². The molecule has 118 valence electrons. The molecule has 5 aliphatic rings. The molecule has 4 saturated carbocycles. The van der Waals surface area contributed by atoms with E-state index in [0.29, 0.717) is 17.6 Å². The molecule has 0 aromatic heterocycles. The van der Waals surface area contributed by atoms with Crippen molar-refractivity contribution in [3.63, 3.8) is 0 Å². The first-order valence-corrected chi connectivity index (χ1v) is 9.36. The highest BCUT2D eigenvalue weighted by molar-refractivity contribution is 5.12. The highest BCUT2D eigenvalue weighted by Gasteiger charge is 2.63. The zero-order valence-electron chi connectivity index (χ0n) is 13.6. The zero-order valence-corrected chi connectivity index (χ0v) is 13.6. The summed E-state index contributed by atoms with van der Waals surface area (Å²) in [5.41, 5.74) is 0.771. The van der Waals surface area contributed by atoms with Crippen molar-refractivity contribution in [1.82, 2.24) is 0 Å². The molecule has 0 aromatic carbocycles. The summed E-state index contributed by atoms with van der Waals surface area (Å²) in [4.78, 5) is 0. The normalized spacial score (nSPS) is 65.0. The lowest BCUT2D eigenvalue weighted by atomic mass is 9.45. The maximum Gasteiger partial charge on any atom is 0.0847 e. The molecule has 1 heterocycles. The van der Waals surface area contributed by atoms with Gasteiger partial charge in [0.05, 0.1) is 18.3 Å². The minimum Gasteiger partial charge on any atom is -0.393 e. The third kappa shape index (κ3) is 1.62. The lowest BCUT2D eigenvalue weighted by molar-refractivity contribution is -0.117. The first kappa shape index (κ1) is 13.4. The van der Waals surface area contributed by atoms with Crippen LogP contribution in [0.1, 0.15) is 65.2 Å². The SMILES string of the molecule is C[C@]12CC3OC3CC1CC[C@@H]1[C@@H]2CC[C@]2(C)C(O)CC[C@@H]12. The molecule has 5 fully saturated rings. The summed E-state index contributed by atoms with van der Waals surface area (Å²) >= 11 is 0. The van der Waals surface area contributed by atoms with Crippen molar-refractivity contribution < 1.29 is 9.84 Å². The van der Waals surface area contributed by atoms with Crippen LogP contribution in [0.25, 0.3) is 0 Å². The van der Waals surface area contributed by atoms with E-state index in [4.69, 9.17) is 4.74 Å². The van der Waals surface area contributed by atoms with Crippen molar-refractivity contribution in [3.8, 4) is 0 Å². The number of rotatable bonds is 0. The van der Waals surface area contributed by atoms with E-state index in [1.807, 2.05) is 0 Å². The number of aliphatic hydroxyl groups is 1. The van der Waals surface area contributed by atoms with Gasteiger partial charge in [0.25, 0.3) is 0 Å². The fourth-order valence-corrected chi connectivity index (χ4v) is 7.49. The third-order valence-corrected chi connectivity index (χ3v) is 8.86. The zero-order chi connectivity index (χ0) is 14.4. The average molecular weight is 290 g/mol. The van der Waals surface area contributed by atoms with E-state index in [2.05, 4.69) is 13.8 Å². The number of aliphatic hydroxyl groups excluding tert-OH is 1. The lowest BCUT2D eigenvalue weighted by Gasteiger charge is -2.59. The highest BCUT2D eigenvalue weighted by atomic mass is 16.6. The number of hydrogen-bond donors (Lipinski definition) is 1. The van der Waals surface area contributed by atoms with E-state index in [1.165, 1.54) is 44.9 Å². The van der Waals surface area contributed by atoms with Crippen LogP contribution in [0.15, 0.2) is 0 Å². The van der Waals surface area contributed by atoms with E-state index in [1.54, 1.807) is 0 Å². The minimum atomic E-state index is -0.0310. The van der Waals surface area contributed by atoms with Gasteiger partial charge in [-0.05, 0) is 85.9 Å². The number of fused-ring (bicyclic) bond motifs is 6. The molecule has 4 aliphatic carbocycles. The van der Waals surface area contributed by atoms with E-state index in [0.717, 1.165) is 30.1 Å². The van der Waals surface area contributed by atoms with Crippen molar-refractivity contribution >= 4 is 0 Å². The molecule has 2 heteroatoms. The van der Waals surface area contributed by atoms with Crippen LogP contribution < -0.4 is 0 Å². The molecular weight excluding hydrogens is 260 g/mol. The molecule has 0 radical (unpaired) electrons. The summed E-state index contributed by atoms with van der Waals surface area (Å²) in [5, 5.41) is 10.5. The van der Waals surface area contributed by atoms with E-state index in [-0.39, 0.29) is 11.5 Å². The van der Waals surface area contributed by atoms with Gasteiger partial charge in [-0.2, -0.15) is 0 Å². The number of ether oxygens (including phenoxy) is 1. The Morgan fingerprint density at radius 2 is 1.71 bits per heavy atom. The molecule has 9 atom stereocenters. The first-order chi connectivity index (χ1) is 10.0. The monoisotopic (exact) mass is 290 g/mol. The fraction of sp³-hybridized carbons (Fsp3) is 1.00. The quantitative estimate of drug-likeness (QED) is 0.689. The van der Waals surface area contributed by atoms with Gasteiger partial charge >= 0.3 is 0 Å². The number of epoxide rings is 1. The number of hydrogen-bond acceptors (Lipinski definition) is 2. The summed E-state index contributed by atoms with van der Waals surface area (Å²) in [6.07, 6.45) is 11.7.